The SMILES string of the molecule is CCOC(=O)c1cc(-c2ccccc2)oc(=O)c1C#N. The van der Waals surface area contributed by atoms with Crippen LogP contribution in [0.25, 0.3) is 11.3 Å². The molecule has 2 aromatic rings. The molecular weight excluding hydrogens is 258 g/mol. The number of benzene rings is 1. The van der Waals surface area contributed by atoms with E-state index in [1.54, 1.807) is 37.3 Å². The van der Waals surface area contributed by atoms with Crippen LogP contribution in [0, 0.1) is 11.3 Å². The van der Waals surface area contributed by atoms with E-state index >= 15 is 0 Å². The molecule has 1 aromatic carbocycles. The molecule has 100 valence electrons. The van der Waals surface area contributed by atoms with Gasteiger partial charge in [-0.2, -0.15) is 5.26 Å². The average molecular weight is 269 g/mol. The molecule has 0 radical (unpaired) electrons. The lowest BCUT2D eigenvalue weighted by Crippen LogP contribution is -2.15. The third kappa shape index (κ3) is 2.59. The highest BCUT2D eigenvalue weighted by Crippen LogP contribution is 2.20. The molecule has 0 saturated carbocycles. The second-order valence-corrected chi connectivity index (χ2v) is 3.89. The normalized spacial score (nSPS) is 9.80. The lowest BCUT2D eigenvalue weighted by atomic mass is 10.1. The smallest absolute Gasteiger partial charge is 0.355 e. The van der Waals surface area contributed by atoms with Crippen molar-refractivity contribution >= 4 is 5.97 Å². The molecule has 5 heteroatoms. The van der Waals surface area contributed by atoms with Gasteiger partial charge in [0.25, 0.3) is 0 Å². The minimum atomic E-state index is -0.850. The highest BCUT2D eigenvalue weighted by molar-refractivity contribution is 5.93. The van der Waals surface area contributed by atoms with Gasteiger partial charge in [0.2, 0.25) is 0 Å². The zero-order valence-corrected chi connectivity index (χ0v) is 10.8. The van der Waals surface area contributed by atoms with Gasteiger partial charge in [0.1, 0.15) is 11.8 Å². The standard InChI is InChI=1S/C15H11NO4/c1-2-19-14(17)11-8-13(10-6-4-3-5-7-10)20-15(18)12(11)9-16/h3-8H,2H2,1H3. The van der Waals surface area contributed by atoms with E-state index in [1.807, 2.05) is 6.07 Å². The number of carbonyl (C=O) groups is 1. The van der Waals surface area contributed by atoms with E-state index in [2.05, 4.69) is 0 Å². The molecule has 0 atom stereocenters. The molecule has 0 bridgehead atoms. The van der Waals surface area contributed by atoms with Crippen molar-refractivity contribution in [2.45, 2.75) is 6.92 Å². The van der Waals surface area contributed by atoms with Crippen molar-refractivity contribution in [3.63, 3.8) is 0 Å². The molecule has 0 spiro atoms. The van der Waals surface area contributed by atoms with E-state index in [0.717, 1.165) is 0 Å². The summed E-state index contributed by atoms with van der Waals surface area (Å²) in [5.41, 5.74) is -0.635. The number of hydrogen-bond acceptors (Lipinski definition) is 5. The minimum absolute atomic E-state index is 0.0792. The number of rotatable bonds is 3. The molecule has 1 heterocycles. The van der Waals surface area contributed by atoms with Gasteiger partial charge in [-0.15, -0.1) is 0 Å². The Morgan fingerprint density at radius 3 is 2.65 bits per heavy atom. The summed E-state index contributed by atoms with van der Waals surface area (Å²) >= 11 is 0. The van der Waals surface area contributed by atoms with Crippen LogP contribution in [0.3, 0.4) is 0 Å². The average Bonchev–Trinajstić information content (AvgIpc) is 2.47. The third-order valence-corrected chi connectivity index (χ3v) is 2.62. The predicted molar refractivity (Wildman–Crippen MR) is 71.1 cm³/mol. The summed E-state index contributed by atoms with van der Waals surface area (Å²) in [5, 5.41) is 8.96. The van der Waals surface area contributed by atoms with Gasteiger partial charge in [0, 0.05) is 5.56 Å². The van der Waals surface area contributed by atoms with Crippen LogP contribution in [-0.4, -0.2) is 12.6 Å². The van der Waals surface area contributed by atoms with Gasteiger partial charge in [-0.25, -0.2) is 9.59 Å². The van der Waals surface area contributed by atoms with Crippen LogP contribution in [0.2, 0.25) is 0 Å². The summed E-state index contributed by atoms with van der Waals surface area (Å²) in [4.78, 5) is 23.6. The van der Waals surface area contributed by atoms with E-state index in [0.29, 0.717) is 5.56 Å². The Bertz CT molecular complexity index is 726. The Hall–Kier alpha value is -2.87. The van der Waals surface area contributed by atoms with E-state index in [4.69, 9.17) is 14.4 Å². The Morgan fingerprint density at radius 2 is 2.05 bits per heavy atom. The second-order valence-electron chi connectivity index (χ2n) is 3.89. The highest BCUT2D eigenvalue weighted by Gasteiger charge is 2.19. The van der Waals surface area contributed by atoms with E-state index in [-0.39, 0.29) is 23.5 Å². The minimum Gasteiger partial charge on any atom is -0.462 e. The molecule has 0 aliphatic heterocycles. The van der Waals surface area contributed by atoms with E-state index in [9.17, 15) is 9.59 Å². The molecule has 0 aliphatic rings. The summed E-state index contributed by atoms with van der Waals surface area (Å²) < 4.78 is 9.91. The summed E-state index contributed by atoms with van der Waals surface area (Å²) in [6, 6.07) is 11.9. The lowest BCUT2D eigenvalue weighted by molar-refractivity contribution is 0.0525. The van der Waals surface area contributed by atoms with Crippen molar-refractivity contribution in [3.8, 4) is 17.4 Å². The number of nitriles is 1. The van der Waals surface area contributed by atoms with Crippen molar-refractivity contribution in [1.29, 1.82) is 5.26 Å². The maximum absolute atomic E-state index is 11.8. The monoisotopic (exact) mass is 269 g/mol. The predicted octanol–water partition coefficient (Wildman–Crippen LogP) is 2.36. The molecule has 5 nitrogen and oxygen atoms in total. The zero-order valence-electron chi connectivity index (χ0n) is 10.8. The maximum atomic E-state index is 11.8. The molecular formula is C15H11NO4. The van der Waals surface area contributed by atoms with Crippen LogP contribution in [0.15, 0.2) is 45.6 Å². The summed E-state index contributed by atoms with van der Waals surface area (Å²) in [6.45, 7) is 1.80. The topological polar surface area (TPSA) is 80.3 Å². The number of hydrogen-bond donors (Lipinski definition) is 0. The molecule has 20 heavy (non-hydrogen) atoms. The third-order valence-electron chi connectivity index (χ3n) is 2.62. The van der Waals surface area contributed by atoms with Crippen LogP contribution < -0.4 is 5.63 Å². The van der Waals surface area contributed by atoms with Crippen molar-refractivity contribution in [3.05, 3.63) is 57.9 Å². The van der Waals surface area contributed by atoms with Crippen LogP contribution in [0.5, 0.6) is 0 Å². The van der Waals surface area contributed by atoms with Gasteiger partial charge in [-0.1, -0.05) is 30.3 Å². The Morgan fingerprint density at radius 1 is 1.35 bits per heavy atom. The van der Waals surface area contributed by atoms with E-state index in [1.165, 1.54) is 6.07 Å². The Kier molecular flexibility index (Phi) is 3.96. The largest absolute Gasteiger partial charge is 0.462 e. The molecule has 0 N–H and O–H groups in total. The number of nitrogens with zero attached hydrogens (tertiary/aromatic N) is 1. The maximum Gasteiger partial charge on any atom is 0.355 e. The number of esters is 1. The fraction of sp³-hybridized carbons (Fsp3) is 0.133. The molecule has 0 unspecified atom stereocenters. The van der Waals surface area contributed by atoms with Gasteiger partial charge in [-0.3, -0.25) is 0 Å². The first kappa shape index (κ1) is 13.6. The highest BCUT2D eigenvalue weighted by atomic mass is 16.5. The van der Waals surface area contributed by atoms with Crippen LogP contribution in [-0.2, 0) is 4.74 Å². The van der Waals surface area contributed by atoms with Crippen LogP contribution >= 0.6 is 0 Å². The van der Waals surface area contributed by atoms with Gasteiger partial charge >= 0.3 is 11.6 Å². The Labute approximate surface area is 115 Å². The number of ether oxygens (including phenoxy) is 1. The molecule has 2 rings (SSSR count). The first-order valence-electron chi connectivity index (χ1n) is 5.98. The quantitative estimate of drug-likeness (QED) is 0.799. The molecule has 0 fully saturated rings. The van der Waals surface area contributed by atoms with Gasteiger partial charge in [0.15, 0.2) is 5.56 Å². The number of carbonyl (C=O) groups excluding carboxylic acids is 1. The van der Waals surface area contributed by atoms with E-state index < -0.39 is 11.6 Å². The van der Waals surface area contributed by atoms with Crippen molar-refractivity contribution in [2.24, 2.45) is 0 Å². The van der Waals surface area contributed by atoms with Crippen LogP contribution in [0.1, 0.15) is 22.8 Å². The van der Waals surface area contributed by atoms with Crippen molar-refractivity contribution < 1.29 is 13.9 Å². The van der Waals surface area contributed by atoms with Gasteiger partial charge in [-0.05, 0) is 13.0 Å². The second kappa shape index (κ2) is 5.85. The summed E-state index contributed by atoms with van der Waals surface area (Å²) in [5.74, 6) is -0.494. The fourth-order valence-electron chi connectivity index (χ4n) is 1.71. The molecule has 0 aliphatic carbocycles. The van der Waals surface area contributed by atoms with Crippen molar-refractivity contribution in [1.82, 2.24) is 0 Å². The molecule has 0 amide bonds. The van der Waals surface area contributed by atoms with Crippen molar-refractivity contribution in [2.75, 3.05) is 6.61 Å². The van der Waals surface area contributed by atoms with Gasteiger partial charge in [0.05, 0.1) is 12.2 Å². The first-order chi connectivity index (χ1) is 9.67. The zero-order chi connectivity index (χ0) is 14.5. The first-order valence-corrected chi connectivity index (χ1v) is 5.98. The summed E-state index contributed by atoms with van der Waals surface area (Å²) in [6.07, 6.45) is 0. The lowest BCUT2D eigenvalue weighted by Gasteiger charge is -2.05. The summed E-state index contributed by atoms with van der Waals surface area (Å²) in [7, 11) is 0. The Balaban J connectivity index is 2.62. The fourth-order valence-corrected chi connectivity index (χ4v) is 1.71. The molecule has 0 saturated heterocycles. The van der Waals surface area contributed by atoms with Gasteiger partial charge < -0.3 is 9.15 Å². The molecule has 1 aromatic heterocycles. The van der Waals surface area contributed by atoms with Crippen LogP contribution in [0.4, 0.5) is 0 Å².